The van der Waals surface area contributed by atoms with Crippen molar-refractivity contribution in [2.75, 3.05) is 11.1 Å². The minimum Gasteiger partial charge on any atom is -0.302 e. The molecule has 2 unspecified atom stereocenters. The molecule has 34 heavy (non-hydrogen) atoms. The summed E-state index contributed by atoms with van der Waals surface area (Å²) in [4.78, 5) is 49.8. The molecule has 0 spiro atoms. The molecule has 0 bridgehead atoms. The monoisotopic (exact) mass is 492 g/mol. The second kappa shape index (κ2) is 10.7. The number of carbonyl (C=O) groups is 4. The van der Waals surface area contributed by atoms with E-state index >= 15 is 0 Å². The number of nitrogens with one attached hydrogen (secondary N) is 2. The van der Waals surface area contributed by atoms with Gasteiger partial charge in [-0.05, 0) is 46.1 Å². The van der Waals surface area contributed by atoms with Crippen LogP contribution in [-0.4, -0.2) is 24.1 Å². The molecule has 4 aromatic heterocycles. The first-order valence-corrected chi connectivity index (χ1v) is 12.0. The number of hydrogen-bond donors (Lipinski definition) is 2. The van der Waals surface area contributed by atoms with Crippen LogP contribution >= 0.6 is 22.7 Å². The van der Waals surface area contributed by atoms with Crippen LogP contribution in [0.5, 0.6) is 0 Å². The van der Waals surface area contributed by atoms with Gasteiger partial charge in [0.1, 0.15) is 24.4 Å². The Bertz CT molecular complexity index is 1200. The summed E-state index contributed by atoms with van der Waals surface area (Å²) in [6.07, 6.45) is 7.95. The quantitative estimate of drug-likeness (QED) is 0.110. The minimum atomic E-state index is -0.916. The van der Waals surface area contributed by atoms with E-state index in [1.165, 1.54) is 22.7 Å². The molecule has 170 valence electrons. The summed E-state index contributed by atoms with van der Waals surface area (Å²) >= 11 is 2.59. The fraction of sp³-hybridized carbons (Fsp3) is 0.0833. The summed E-state index contributed by atoms with van der Waals surface area (Å²) < 4.78 is 3.11. The van der Waals surface area contributed by atoms with Gasteiger partial charge in [0.2, 0.25) is 24.8 Å². The van der Waals surface area contributed by atoms with Crippen LogP contribution in [0.2, 0.25) is 0 Å². The van der Waals surface area contributed by atoms with E-state index in [1.807, 2.05) is 0 Å². The Kier molecular flexibility index (Phi) is 7.31. The molecule has 8 nitrogen and oxygen atoms in total. The van der Waals surface area contributed by atoms with Gasteiger partial charge < -0.3 is 9.59 Å². The number of ketones is 2. The first-order chi connectivity index (χ1) is 16.6. The molecule has 4 rings (SSSR count). The van der Waals surface area contributed by atoms with E-state index < -0.39 is 11.8 Å². The van der Waals surface area contributed by atoms with E-state index in [2.05, 4.69) is 11.1 Å². The van der Waals surface area contributed by atoms with Crippen LogP contribution in [0, 0.1) is 0 Å². The highest BCUT2D eigenvalue weighted by Crippen LogP contribution is 2.22. The maximum absolute atomic E-state index is 12.7. The van der Waals surface area contributed by atoms with Gasteiger partial charge >= 0.3 is 0 Å². The van der Waals surface area contributed by atoms with Gasteiger partial charge in [-0.15, -0.1) is 22.7 Å². The standard InChI is InChI=1S/C24H20N4O4S2/c29-15-19(23(31)21-7-3-11-33-21)17-5-1-9-27(13-17)25-26-28-10-2-6-18(14-28)20(16-30)24(32)22-8-4-12-34-22/h1-16,19-20,25-26H/q+2. The van der Waals surface area contributed by atoms with Gasteiger partial charge in [-0.3, -0.25) is 9.59 Å². The highest BCUT2D eigenvalue weighted by Gasteiger charge is 2.26. The Morgan fingerprint density at radius 2 is 1.15 bits per heavy atom. The van der Waals surface area contributed by atoms with Crippen LogP contribution in [0.4, 0.5) is 0 Å². The Balaban J connectivity index is 1.48. The number of rotatable bonds is 11. The topological polar surface area (TPSA) is 100 Å². The van der Waals surface area contributed by atoms with Crippen LogP contribution in [-0.2, 0) is 9.59 Å². The molecule has 0 amide bonds. The zero-order valence-electron chi connectivity index (χ0n) is 17.7. The van der Waals surface area contributed by atoms with Gasteiger partial charge in [-0.2, -0.15) is 0 Å². The van der Waals surface area contributed by atoms with Crippen molar-refractivity contribution in [1.29, 1.82) is 0 Å². The Morgan fingerprint density at radius 3 is 1.50 bits per heavy atom. The van der Waals surface area contributed by atoms with E-state index in [9.17, 15) is 19.2 Å². The molecule has 4 heterocycles. The number of nitrogens with zero attached hydrogens (tertiary/aromatic N) is 2. The number of aromatic nitrogens is 2. The molecule has 0 radical (unpaired) electrons. The average Bonchev–Trinajstić information content (AvgIpc) is 3.59. The van der Waals surface area contributed by atoms with Crippen molar-refractivity contribution in [3.05, 3.63) is 105 Å². The van der Waals surface area contributed by atoms with Crippen LogP contribution in [0.15, 0.2) is 84.1 Å². The van der Waals surface area contributed by atoms with Gasteiger partial charge in [0.05, 0.1) is 9.75 Å². The first kappa shape index (κ1) is 23.1. The van der Waals surface area contributed by atoms with Crippen molar-refractivity contribution in [3.63, 3.8) is 0 Å². The van der Waals surface area contributed by atoms with E-state index in [-0.39, 0.29) is 11.6 Å². The maximum atomic E-state index is 12.7. The third-order valence-electron chi connectivity index (χ3n) is 5.04. The first-order valence-electron chi connectivity index (χ1n) is 10.2. The van der Waals surface area contributed by atoms with E-state index in [4.69, 9.17) is 0 Å². The van der Waals surface area contributed by atoms with E-state index in [1.54, 1.807) is 93.4 Å². The lowest BCUT2D eigenvalue weighted by Gasteiger charge is -2.08. The van der Waals surface area contributed by atoms with Crippen molar-refractivity contribution < 1.29 is 28.5 Å². The zero-order chi connectivity index (χ0) is 23.9. The number of thiophene rings is 2. The van der Waals surface area contributed by atoms with Crippen molar-refractivity contribution in [2.45, 2.75) is 11.8 Å². The molecule has 4 aromatic rings. The Labute approximate surface area is 203 Å². The number of pyridine rings is 2. The van der Waals surface area contributed by atoms with Gasteiger partial charge in [-0.25, -0.2) is 0 Å². The molecular formula is C24H20N4O4S2+2. The van der Waals surface area contributed by atoms with Crippen molar-refractivity contribution in [2.24, 2.45) is 0 Å². The normalized spacial score (nSPS) is 12.4. The second-order valence-corrected chi connectivity index (χ2v) is 9.12. The number of hydrazine groups is 1. The van der Waals surface area contributed by atoms with Crippen LogP contribution in [0.25, 0.3) is 0 Å². The molecule has 0 aliphatic heterocycles. The van der Waals surface area contributed by atoms with Crippen molar-refractivity contribution in [3.8, 4) is 0 Å². The summed E-state index contributed by atoms with van der Waals surface area (Å²) in [6, 6.07) is 13.8. The highest BCUT2D eigenvalue weighted by atomic mass is 32.1. The fourth-order valence-electron chi connectivity index (χ4n) is 3.34. The lowest BCUT2D eigenvalue weighted by molar-refractivity contribution is -0.712. The molecule has 2 N–H and O–H groups in total. The average molecular weight is 493 g/mol. The SMILES string of the molecule is O=CC(C(=O)c1cccs1)c1ccc[n+](NN[n+]2cccc(C(C=O)C(=O)c3cccs3)c2)c1. The number of hydrogen-bond acceptors (Lipinski definition) is 8. The predicted octanol–water partition coefficient (Wildman–Crippen LogP) is 2.42. The number of aldehydes is 2. The third kappa shape index (κ3) is 5.13. The molecule has 0 aromatic carbocycles. The van der Waals surface area contributed by atoms with Gasteiger partial charge in [0.25, 0.3) is 0 Å². The Morgan fingerprint density at radius 1 is 0.706 bits per heavy atom. The van der Waals surface area contributed by atoms with E-state index in [0.717, 1.165) is 0 Å². The van der Waals surface area contributed by atoms with Crippen LogP contribution in [0.1, 0.15) is 42.3 Å². The highest BCUT2D eigenvalue weighted by molar-refractivity contribution is 7.12. The number of carbonyl (C=O) groups excluding carboxylic acids is 4. The lowest BCUT2D eigenvalue weighted by atomic mass is 9.97. The molecule has 0 saturated heterocycles. The van der Waals surface area contributed by atoms with Gasteiger partial charge in [0, 0.05) is 23.3 Å². The summed E-state index contributed by atoms with van der Waals surface area (Å²) in [5.74, 6) is -2.35. The summed E-state index contributed by atoms with van der Waals surface area (Å²) in [5, 5.41) is 3.58. The molecule has 10 heteroatoms. The molecular weight excluding hydrogens is 472 g/mol. The molecule has 0 aliphatic carbocycles. The summed E-state index contributed by atoms with van der Waals surface area (Å²) in [5.41, 5.74) is 6.93. The second-order valence-electron chi connectivity index (χ2n) is 7.22. The molecule has 0 fully saturated rings. The fourth-order valence-corrected chi connectivity index (χ4v) is 4.75. The Hall–Kier alpha value is -4.02. The third-order valence-corrected chi connectivity index (χ3v) is 6.81. The van der Waals surface area contributed by atoms with Crippen LogP contribution in [0.3, 0.4) is 0 Å². The maximum Gasteiger partial charge on any atom is 0.206 e. The van der Waals surface area contributed by atoms with Crippen LogP contribution < -0.4 is 20.4 Å². The summed E-state index contributed by atoms with van der Waals surface area (Å²) in [7, 11) is 0. The number of Topliss-reactive ketones (excluding diaryl/α,β-unsaturated/α-hetero) is 2. The van der Waals surface area contributed by atoms with Gasteiger partial charge in [0.15, 0.2) is 11.6 Å². The van der Waals surface area contributed by atoms with Gasteiger partial charge in [-0.1, -0.05) is 21.5 Å². The minimum absolute atomic E-state index is 0.256. The van der Waals surface area contributed by atoms with Crippen molar-refractivity contribution >= 4 is 46.8 Å². The summed E-state index contributed by atoms with van der Waals surface area (Å²) in [6.45, 7) is 0. The predicted molar refractivity (Wildman–Crippen MR) is 127 cm³/mol. The molecule has 2 atom stereocenters. The van der Waals surface area contributed by atoms with E-state index in [0.29, 0.717) is 33.5 Å². The molecule has 0 saturated carbocycles. The zero-order valence-corrected chi connectivity index (χ0v) is 19.4. The largest absolute Gasteiger partial charge is 0.302 e. The smallest absolute Gasteiger partial charge is 0.206 e. The molecule has 0 aliphatic rings. The lowest BCUT2D eigenvalue weighted by Crippen LogP contribution is -2.60. The van der Waals surface area contributed by atoms with Crippen molar-refractivity contribution in [1.82, 2.24) is 0 Å².